The van der Waals surface area contributed by atoms with Crippen LogP contribution in [0.1, 0.15) is 18.1 Å². The Balaban J connectivity index is 2.54. The van der Waals surface area contributed by atoms with Crippen LogP contribution in [-0.4, -0.2) is 57.1 Å². The molecule has 0 radical (unpaired) electrons. The van der Waals surface area contributed by atoms with Crippen LogP contribution in [0.5, 0.6) is 0 Å². The van der Waals surface area contributed by atoms with Crippen molar-refractivity contribution in [2.75, 3.05) is 47.1 Å². The van der Waals surface area contributed by atoms with E-state index in [0.717, 1.165) is 18.2 Å². The summed E-state index contributed by atoms with van der Waals surface area (Å²) in [6.07, 6.45) is -0.721. The molecule has 1 rings (SSSR count). The summed E-state index contributed by atoms with van der Waals surface area (Å²) in [5.41, 5.74) is -0.00608. The monoisotopic (exact) mass is 303 g/mol. The molecule has 0 aromatic heterocycles. The Bertz CT molecular complexity index is 410. The van der Waals surface area contributed by atoms with E-state index in [1.807, 2.05) is 4.90 Å². The summed E-state index contributed by atoms with van der Waals surface area (Å²) in [7, 11) is 3.23. The first-order valence-corrected chi connectivity index (χ1v) is 6.91. The second-order valence-electron chi connectivity index (χ2n) is 4.80. The maximum Gasteiger partial charge on any atom is 0.129 e. The van der Waals surface area contributed by atoms with Crippen molar-refractivity contribution in [3.05, 3.63) is 35.4 Å². The van der Waals surface area contributed by atoms with E-state index in [9.17, 15) is 13.9 Å². The van der Waals surface area contributed by atoms with E-state index in [0.29, 0.717) is 39.3 Å². The van der Waals surface area contributed by atoms with E-state index in [4.69, 9.17) is 9.47 Å². The van der Waals surface area contributed by atoms with Gasteiger partial charge in [-0.25, -0.2) is 8.78 Å². The molecule has 4 nitrogen and oxygen atoms in total. The van der Waals surface area contributed by atoms with Gasteiger partial charge in [0.05, 0.1) is 19.3 Å². The van der Waals surface area contributed by atoms with Crippen molar-refractivity contribution in [3.63, 3.8) is 0 Å². The van der Waals surface area contributed by atoms with Crippen molar-refractivity contribution in [2.45, 2.75) is 12.5 Å². The minimum Gasteiger partial charge on any atom is -0.388 e. The average molecular weight is 303 g/mol. The van der Waals surface area contributed by atoms with Gasteiger partial charge in [-0.2, -0.15) is 0 Å². The van der Waals surface area contributed by atoms with Crippen LogP contribution in [0.15, 0.2) is 18.2 Å². The number of rotatable bonds is 10. The standard InChI is InChI=1S/C15H23F2NO3/c1-20-9-7-18(8-10-21-2)6-5-15(19)13-11-12(16)3-4-14(13)17/h3-4,11,15,19H,5-10H2,1-2H3. The molecule has 120 valence electrons. The number of aliphatic hydroxyl groups is 1. The maximum atomic E-state index is 13.6. The lowest BCUT2D eigenvalue weighted by molar-refractivity contribution is 0.0934. The highest BCUT2D eigenvalue weighted by Crippen LogP contribution is 2.21. The first-order valence-electron chi connectivity index (χ1n) is 6.91. The molecule has 1 aromatic carbocycles. The quantitative estimate of drug-likeness (QED) is 0.718. The third-order valence-electron chi connectivity index (χ3n) is 3.26. The average Bonchev–Trinajstić information content (AvgIpc) is 2.48. The van der Waals surface area contributed by atoms with Gasteiger partial charge in [0, 0.05) is 39.4 Å². The van der Waals surface area contributed by atoms with Gasteiger partial charge in [0.15, 0.2) is 0 Å². The lowest BCUT2D eigenvalue weighted by atomic mass is 10.1. The number of methoxy groups -OCH3 is 2. The van der Waals surface area contributed by atoms with Gasteiger partial charge in [-0.1, -0.05) is 0 Å². The lowest BCUT2D eigenvalue weighted by Crippen LogP contribution is -2.32. The van der Waals surface area contributed by atoms with Crippen molar-refractivity contribution in [2.24, 2.45) is 0 Å². The Hall–Kier alpha value is -1.08. The van der Waals surface area contributed by atoms with E-state index in [1.165, 1.54) is 0 Å². The molecule has 0 heterocycles. The van der Waals surface area contributed by atoms with Gasteiger partial charge >= 0.3 is 0 Å². The molecular formula is C15H23F2NO3. The molecule has 1 N–H and O–H groups in total. The molecule has 1 atom stereocenters. The van der Waals surface area contributed by atoms with Crippen LogP contribution in [-0.2, 0) is 9.47 Å². The molecule has 0 saturated heterocycles. The van der Waals surface area contributed by atoms with Crippen LogP contribution in [0.3, 0.4) is 0 Å². The van der Waals surface area contributed by atoms with Crippen molar-refractivity contribution >= 4 is 0 Å². The molecular weight excluding hydrogens is 280 g/mol. The van der Waals surface area contributed by atoms with Crippen molar-refractivity contribution in [1.29, 1.82) is 0 Å². The highest BCUT2D eigenvalue weighted by atomic mass is 19.1. The van der Waals surface area contributed by atoms with Crippen LogP contribution in [0.2, 0.25) is 0 Å². The number of benzene rings is 1. The predicted molar refractivity (Wildman–Crippen MR) is 76.1 cm³/mol. The number of hydrogen-bond donors (Lipinski definition) is 1. The molecule has 0 saturated carbocycles. The predicted octanol–water partition coefficient (Wildman–Crippen LogP) is 1.98. The summed E-state index contributed by atoms with van der Waals surface area (Å²) in [6, 6.07) is 3.10. The van der Waals surface area contributed by atoms with Crippen LogP contribution in [0.4, 0.5) is 8.78 Å². The first-order chi connectivity index (χ1) is 10.1. The molecule has 0 spiro atoms. The van der Waals surface area contributed by atoms with Gasteiger partial charge in [0.2, 0.25) is 0 Å². The minimum atomic E-state index is -1.03. The third-order valence-corrected chi connectivity index (χ3v) is 3.26. The zero-order valence-electron chi connectivity index (χ0n) is 12.5. The fourth-order valence-corrected chi connectivity index (χ4v) is 2.01. The molecule has 0 fully saturated rings. The van der Waals surface area contributed by atoms with Crippen LogP contribution in [0, 0.1) is 11.6 Å². The number of ether oxygens (including phenoxy) is 2. The van der Waals surface area contributed by atoms with E-state index in [-0.39, 0.29) is 5.56 Å². The van der Waals surface area contributed by atoms with Crippen molar-refractivity contribution in [1.82, 2.24) is 4.90 Å². The Kier molecular flexibility index (Phi) is 8.37. The Morgan fingerprint density at radius 2 is 1.71 bits per heavy atom. The molecule has 0 aliphatic carbocycles. The van der Waals surface area contributed by atoms with E-state index in [2.05, 4.69) is 0 Å². The number of halogens is 2. The minimum absolute atomic E-state index is 0.00608. The van der Waals surface area contributed by atoms with E-state index in [1.54, 1.807) is 14.2 Å². The first kappa shape index (κ1) is 18.0. The fraction of sp³-hybridized carbons (Fsp3) is 0.600. The zero-order valence-corrected chi connectivity index (χ0v) is 12.5. The maximum absolute atomic E-state index is 13.6. The second kappa shape index (κ2) is 9.78. The second-order valence-corrected chi connectivity index (χ2v) is 4.80. The molecule has 6 heteroatoms. The Morgan fingerprint density at radius 3 is 2.29 bits per heavy atom. The lowest BCUT2D eigenvalue weighted by Gasteiger charge is -2.23. The summed E-state index contributed by atoms with van der Waals surface area (Å²) in [6.45, 7) is 3.06. The third kappa shape index (κ3) is 6.48. The fourth-order valence-electron chi connectivity index (χ4n) is 2.01. The SMILES string of the molecule is COCCN(CCOC)CCC(O)c1cc(F)ccc1F. The largest absolute Gasteiger partial charge is 0.388 e. The Morgan fingerprint density at radius 1 is 1.10 bits per heavy atom. The van der Waals surface area contributed by atoms with Crippen LogP contribution in [0.25, 0.3) is 0 Å². The molecule has 0 amide bonds. The molecule has 0 aliphatic rings. The summed E-state index contributed by atoms with van der Waals surface area (Å²) in [5, 5.41) is 10.0. The Labute approximate surface area is 124 Å². The van der Waals surface area contributed by atoms with Crippen molar-refractivity contribution in [3.8, 4) is 0 Å². The van der Waals surface area contributed by atoms with E-state index < -0.39 is 17.7 Å². The number of aliphatic hydroxyl groups excluding tert-OH is 1. The van der Waals surface area contributed by atoms with Crippen LogP contribution < -0.4 is 0 Å². The van der Waals surface area contributed by atoms with Gasteiger partial charge < -0.3 is 14.6 Å². The van der Waals surface area contributed by atoms with Gasteiger partial charge in [0.25, 0.3) is 0 Å². The molecule has 0 bridgehead atoms. The summed E-state index contributed by atoms with van der Waals surface area (Å²) >= 11 is 0. The topological polar surface area (TPSA) is 41.9 Å². The molecule has 1 aromatic rings. The van der Waals surface area contributed by atoms with Gasteiger partial charge in [-0.15, -0.1) is 0 Å². The summed E-state index contributed by atoms with van der Waals surface area (Å²) in [4.78, 5) is 2.05. The zero-order chi connectivity index (χ0) is 15.7. The normalized spacial score (nSPS) is 12.9. The molecule has 21 heavy (non-hydrogen) atoms. The van der Waals surface area contributed by atoms with Gasteiger partial charge in [-0.05, 0) is 24.6 Å². The number of nitrogens with zero attached hydrogens (tertiary/aromatic N) is 1. The van der Waals surface area contributed by atoms with Crippen molar-refractivity contribution < 1.29 is 23.4 Å². The van der Waals surface area contributed by atoms with Crippen LogP contribution >= 0.6 is 0 Å². The molecule has 0 aliphatic heterocycles. The highest BCUT2D eigenvalue weighted by molar-refractivity contribution is 5.21. The van der Waals surface area contributed by atoms with Gasteiger partial charge in [0.1, 0.15) is 11.6 Å². The van der Waals surface area contributed by atoms with Gasteiger partial charge in [-0.3, -0.25) is 4.90 Å². The summed E-state index contributed by atoms with van der Waals surface area (Å²) < 4.78 is 36.7. The number of hydrogen-bond acceptors (Lipinski definition) is 4. The van der Waals surface area contributed by atoms with E-state index >= 15 is 0 Å². The molecule has 1 unspecified atom stereocenters. The summed E-state index contributed by atoms with van der Waals surface area (Å²) in [5.74, 6) is -1.15. The highest BCUT2D eigenvalue weighted by Gasteiger charge is 2.15. The smallest absolute Gasteiger partial charge is 0.129 e.